The summed E-state index contributed by atoms with van der Waals surface area (Å²) in [4.78, 5) is 18.2. The number of carbonyl (C=O) groups is 1. The number of carbonyl (C=O) groups excluding carboxylic acids is 1. The Balaban J connectivity index is 1.72. The molecule has 2 aliphatic heterocycles. The Hall–Kier alpha value is -1.71. The first-order valence-corrected chi connectivity index (χ1v) is 7.43. The van der Waals surface area contributed by atoms with E-state index in [1.54, 1.807) is 0 Å². The number of hydrogen-bond donors (Lipinski definition) is 0. The van der Waals surface area contributed by atoms with E-state index in [9.17, 15) is 4.79 Å². The number of likely N-dealkylation sites (N-methyl/N-ethyl adjacent to an activating group) is 1. The van der Waals surface area contributed by atoms with Crippen LogP contribution in [0.2, 0.25) is 0 Å². The number of anilines is 1. The molecule has 0 N–H and O–H groups in total. The summed E-state index contributed by atoms with van der Waals surface area (Å²) in [5.41, 5.74) is 2.65. The molecule has 0 aromatic heterocycles. The maximum atomic E-state index is 11.9. The van der Waals surface area contributed by atoms with E-state index >= 15 is 0 Å². The molecule has 0 spiro atoms. The van der Waals surface area contributed by atoms with Gasteiger partial charge in [-0.1, -0.05) is 26.0 Å². The highest BCUT2D eigenvalue weighted by molar-refractivity contribution is 5.77. The summed E-state index contributed by atoms with van der Waals surface area (Å²) in [6.45, 7) is 7.98. The third-order valence-electron chi connectivity index (χ3n) is 4.46. The van der Waals surface area contributed by atoms with Gasteiger partial charge in [0.2, 0.25) is 0 Å². The molecule has 20 heavy (non-hydrogen) atoms. The molecular weight excluding hydrogens is 250 g/mol. The summed E-state index contributed by atoms with van der Waals surface area (Å²) in [5, 5.41) is 0. The predicted octanol–water partition coefficient (Wildman–Crippen LogP) is 2.37. The molecule has 0 radical (unpaired) electrons. The first-order valence-electron chi connectivity index (χ1n) is 7.43. The Morgan fingerprint density at radius 1 is 1.10 bits per heavy atom. The summed E-state index contributed by atoms with van der Waals surface area (Å²) in [7, 11) is 1.89. The average molecular weight is 273 g/mol. The third kappa shape index (κ3) is 2.23. The van der Waals surface area contributed by atoms with Gasteiger partial charge in [-0.05, 0) is 23.6 Å². The number of urea groups is 1. The van der Waals surface area contributed by atoms with Crippen molar-refractivity contribution in [2.24, 2.45) is 0 Å². The van der Waals surface area contributed by atoms with Crippen LogP contribution >= 0.6 is 0 Å². The lowest BCUT2D eigenvalue weighted by Crippen LogP contribution is -2.52. The van der Waals surface area contributed by atoms with Gasteiger partial charge in [-0.2, -0.15) is 0 Å². The largest absolute Gasteiger partial charge is 0.368 e. The van der Waals surface area contributed by atoms with E-state index in [0.29, 0.717) is 12.0 Å². The third-order valence-corrected chi connectivity index (χ3v) is 4.46. The highest BCUT2D eigenvalue weighted by Gasteiger charge is 2.38. The molecular formula is C16H23N3O. The molecule has 0 saturated carbocycles. The normalized spacial score (nSPS) is 22.7. The second-order valence-corrected chi connectivity index (χ2v) is 6.20. The topological polar surface area (TPSA) is 26.8 Å². The Morgan fingerprint density at radius 2 is 1.80 bits per heavy atom. The summed E-state index contributed by atoms with van der Waals surface area (Å²) >= 11 is 0. The molecule has 4 heteroatoms. The minimum Gasteiger partial charge on any atom is -0.368 e. The van der Waals surface area contributed by atoms with E-state index in [2.05, 4.69) is 43.0 Å². The second-order valence-electron chi connectivity index (χ2n) is 6.20. The van der Waals surface area contributed by atoms with Gasteiger partial charge in [0, 0.05) is 38.9 Å². The first-order chi connectivity index (χ1) is 9.56. The van der Waals surface area contributed by atoms with E-state index in [4.69, 9.17) is 0 Å². The van der Waals surface area contributed by atoms with Crippen molar-refractivity contribution in [1.29, 1.82) is 0 Å². The van der Waals surface area contributed by atoms with Crippen LogP contribution in [0.25, 0.3) is 0 Å². The quantitative estimate of drug-likeness (QED) is 0.827. The van der Waals surface area contributed by atoms with Crippen LogP contribution in [-0.2, 0) is 0 Å². The van der Waals surface area contributed by atoms with Crippen molar-refractivity contribution in [2.75, 3.05) is 38.1 Å². The molecule has 0 bridgehead atoms. The molecule has 2 saturated heterocycles. The van der Waals surface area contributed by atoms with Crippen LogP contribution in [0.15, 0.2) is 24.3 Å². The van der Waals surface area contributed by atoms with Crippen LogP contribution in [-0.4, -0.2) is 55.1 Å². The number of rotatable bonds is 2. The van der Waals surface area contributed by atoms with Crippen molar-refractivity contribution in [1.82, 2.24) is 9.80 Å². The molecule has 2 heterocycles. The van der Waals surface area contributed by atoms with E-state index in [-0.39, 0.29) is 6.03 Å². The molecule has 1 aromatic rings. The van der Waals surface area contributed by atoms with E-state index in [1.807, 2.05) is 16.8 Å². The van der Waals surface area contributed by atoms with Crippen molar-refractivity contribution in [2.45, 2.75) is 25.8 Å². The summed E-state index contributed by atoms with van der Waals surface area (Å²) in [6.07, 6.45) is 0. The monoisotopic (exact) mass is 273 g/mol. The van der Waals surface area contributed by atoms with Gasteiger partial charge in [-0.15, -0.1) is 0 Å². The molecule has 3 rings (SSSR count). The standard InChI is InChI=1S/C16H23N3O/c1-12(2)13-4-6-14(7-5-13)18-8-9-19-15(11-18)10-17(3)16(19)20/h4-7,12,15H,8-11H2,1-3H3. The maximum absolute atomic E-state index is 11.9. The van der Waals surface area contributed by atoms with Crippen molar-refractivity contribution < 1.29 is 4.79 Å². The summed E-state index contributed by atoms with van der Waals surface area (Å²) in [6, 6.07) is 9.39. The van der Waals surface area contributed by atoms with Gasteiger partial charge in [0.05, 0.1) is 6.04 Å². The lowest BCUT2D eigenvalue weighted by atomic mass is 10.0. The van der Waals surface area contributed by atoms with Crippen LogP contribution in [0.3, 0.4) is 0 Å². The molecule has 108 valence electrons. The number of hydrogen-bond acceptors (Lipinski definition) is 2. The highest BCUT2D eigenvalue weighted by Crippen LogP contribution is 2.25. The average Bonchev–Trinajstić information content (AvgIpc) is 2.74. The minimum absolute atomic E-state index is 0.185. The molecule has 1 atom stereocenters. The van der Waals surface area contributed by atoms with Crippen LogP contribution in [0.1, 0.15) is 25.3 Å². The Morgan fingerprint density at radius 3 is 2.45 bits per heavy atom. The van der Waals surface area contributed by atoms with Gasteiger partial charge in [0.1, 0.15) is 0 Å². The maximum Gasteiger partial charge on any atom is 0.320 e. The molecule has 0 aliphatic carbocycles. The molecule has 2 fully saturated rings. The number of nitrogens with zero attached hydrogens (tertiary/aromatic N) is 3. The molecule has 2 aliphatic rings. The summed E-state index contributed by atoms with van der Waals surface area (Å²) in [5.74, 6) is 0.571. The van der Waals surface area contributed by atoms with E-state index < -0.39 is 0 Å². The Labute approximate surface area is 121 Å². The number of piperazine rings is 1. The van der Waals surface area contributed by atoms with E-state index in [1.165, 1.54) is 11.3 Å². The van der Waals surface area contributed by atoms with Gasteiger partial charge in [0.25, 0.3) is 0 Å². The molecule has 1 aromatic carbocycles. The Kier molecular flexibility index (Phi) is 3.32. The number of benzene rings is 1. The zero-order valence-corrected chi connectivity index (χ0v) is 12.5. The zero-order valence-electron chi connectivity index (χ0n) is 12.5. The SMILES string of the molecule is CC(C)c1ccc(N2CCN3C(=O)N(C)CC3C2)cc1. The fourth-order valence-electron chi connectivity index (χ4n) is 3.18. The van der Waals surface area contributed by atoms with Gasteiger partial charge in [-0.25, -0.2) is 4.79 Å². The van der Waals surface area contributed by atoms with Crippen molar-refractivity contribution in [3.8, 4) is 0 Å². The lowest BCUT2D eigenvalue weighted by molar-refractivity contribution is 0.187. The first kappa shape index (κ1) is 13.3. The Bertz CT molecular complexity index is 497. The lowest BCUT2D eigenvalue weighted by Gasteiger charge is -2.37. The van der Waals surface area contributed by atoms with Crippen molar-refractivity contribution >= 4 is 11.7 Å². The zero-order chi connectivity index (χ0) is 14.3. The summed E-state index contributed by atoms with van der Waals surface area (Å²) < 4.78 is 0. The minimum atomic E-state index is 0.185. The van der Waals surface area contributed by atoms with Crippen molar-refractivity contribution in [3.63, 3.8) is 0 Å². The molecule has 2 amide bonds. The smallest absolute Gasteiger partial charge is 0.320 e. The molecule has 4 nitrogen and oxygen atoms in total. The van der Waals surface area contributed by atoms with Gasteiger partial charge >= 0.3 is 6.03 Å². The van der Waals surface area contributed by atoms with E-state index in [0.717, 1.165) is 26.2 Å². The van der Waals surface area contributed by atoms with Crippen LogP contribution < -0.4 is 4.90 Å². The molecule has 1 unspecified atom stereocenters. The van der Waals surface area contributed by atoms with Crippen LogP contribution in [0.5, 0.6) is 0 Å². The van der Waals surface area contributed by atoms with Gasteiger partial charge in [-0.3, -0.25) is 0 Å². The van der Waals surface area contributed by atoms with Gasteiger partial charge in [0.15, 0.2) is 0 Å². The fraction of sp³-hybridized carbons (Fsp3) is 0.562. The number of amides is 2. The second kappa shape index (κ2) is 5.00. The predicted molar refractivity (Wildman–Crippen MR) is 81.3 cm³/mol. The van der Waals surface area contributed by atoms with Crippen molar-refractivity contribution in [3.05, 3.63) is 29.8 Å². The van der Waals surface area contributed by atoms with Crippen LogP contribution in [0.4, 0.5) is 10.5 Å². The van der Waals surface area contributed by atoms with Gasteiger partial charge < -0.3 is 14.7 Å². The highest BCUT2D eigenvalue weighted by atomic mass is 16.2. The number of fused-ring (bicyclic) bond motifs is 1. The fourth-order valence-corrected chi connectivity index (χ4v) is 3.18. The van der Waals surface area contributed by atoms with Crippen LogP contribution in [0, 0.1) is 0 Å².